The molecule has 1 aromatic heterocycles. The molecule has 0 radical (unpaired) electrons. The first-order valence-corrected chi connectivity index (χ1v) is 8.58. The smallest absolute Gasteiger partial charge is 0.307 e. The molecule has 1 amide bonds. The Morgan fingerprint density at radius 3 is 2.73 bits per heavy atom. The molecule has 5 nitrogen and oxygen atoms in total. The average molecular weight is 376 g/mol. The molecule has 134 valence electrons. The summed E-state index contributed by atoms with van der Waals surface area (Å²) in [7, 11) is 0. The van der Waals surface area contributed by atoms with E-state index in [0.717, 1.165) is 22.3 Å². The van der Waals surface area contributed by atoms with Crippen molar-refractivity contribution in [2.75, 3.05) is 6.54 Å². The fraction of sp³-hybridized carbons (Fsp3) is 0.167. The number of carbonyl (C=O) groups is 2. The fourth-order valence-corrected chi connectivity index (χ4v) is 3.12. The highest BCUT2D eigenvalue weighted by Gasteiger charge is 2.13. The number of fused-ring (bicyclic) bond motifs is 1. The molecule has 0 fully saturated rings. The second-order valence-electron chi connectivity index (χ2n) is 5.37. The van der Waals surface area contributed by atoms with Gasteiger partial charge in [0, 0.05) is 12.6 Å². The Labute approximate surface area is 151 Å². The second kappa shape index (κ2) is 8.01. The molecule has 0 spiro atoms. The third-order valence-electron chi connectivity index (χ3n) is 3.49. The van der Waals surface area contributed by atoms with Crippen molar-refractivity contribution in [3.05, 3.63) is 64.7 Å². The van der Waals surface area contributed by atoms with Gasteiger partial charge in [-0.2, -0.15) is 0 Å². The lowest BCUT2D eigenvalue weighted by Gasteiger charge is -2.06. The van der Waals surface area contributed by atoms with E-state index in [1.807, 2.05) is 24.3 Å². The van der Waals surface area contributed by atoms with E-state index in [2.05, 4.69) is 10.3 Å². The Bertz CT molecular complexity index is 926. The standard InChI is InChI=1S/C18H14F2N2O3S/c19-11-5-6-12(13(20)9-11)18(24)21-8-7-17(23)25-10-16-22-14-3-1-2-4-15(14)26-16/h1-6,9H,7-8,10H2,(H,21,24). The van der Waals surface area contributed by atoms with Crippen LogP contribution in [0.15, 0.2) is 42.5 Å². The molecule has 0 saturated carbocycles. The van der Waals surface area contributed by atoms with Gasteiger partial charge in [-0.1, -0.05) is 12.1 Å². The van der Waals surface area contributed by atoms with Gasteiger partial charge in [-0.05, 0) is 24.3 Å². The Kier molecular flexibility index (Phi) is 5.52. The summed E-state index contributed by atoms with van der Waals surface area (Å²) in [5, 5.41) is 3.07. The molecule has 0 saturated heterocycles. The van der Waals surface area contributed by atoms with E-state index in [1.54, 1.807) is 0 Å². The van der Waals surface area contributed by atoms with Gasteiger partial charge in [0.2, 0.25) is 0 Å². The summed E-state index contributed by atoms with van der Waals surface area (Å²) in [6.07, 6.45) is -0.0700. The van der Waals surface area contributed by atoms with Crippen molar-refractivity contribution in [1.82, 2.24) is 10.3 Å². The third kappa shape index (κ3) is 4.40. The topological polar surface area (TPSA) is 68.3 Å². The molecule has 0 unspecified atom stereocenters. The summed E-state index contributed by atoms with van der Waals surface area (Å²) in [6.45, 7) is 0.0348. The normalized spacial score (nSPS) is 10.7. The van der Waals surface area contributed by atoms with Crippen LogP contribution in [-0.2, 0) is 16.1 Å². The number of nitrogens with one attached hydrogen (secondary N) is 1. The average Bonchev–Trinajstić information content (AvgIpc) is 3.03. The predicted molar refractivity (Wildman–Crippen MR) is 92.7 cm³/mol. The van der Waals surface area contributed by atoms with Crippen molar-refractivity contribution in [3.8, 4) is 0 Å². The van der Waals surface area contributed by atoms with Crippen LogP contribution in [0, 0.1) is 11.6 Å². The van der Waals surface area contributed by atoms with Crippen molar-refractivity contribution >= 4 is 33.4 Å². The van der Waals surface area contributed by atoms with Crippen molar-refractivity contribution in [2.45, 2.75) is 13.0 Å². The van der Waals surface area contributed by atoms with Gasteiger partial charge in [0.05, 0.1) is 22.2 Å². The predicted octanol–water partition coefficient (Wildman–Crippen LogP) is 3.44. The Morgan fingerprint density at radius 2 is 1.96 bits per heavy atom. The summed E-state index contributed by atoms with van der Waals surface area (Å²) in [4.78, 5) is 27.9. The number of thiazole rings is 1. The molecule has 0 aliphatic rings. The Hall–Kier alpha value is -2.87. The van der Waals surface area contributed by atoms with Gasteiger partial charge in [0.25, 0.3) is 5.91 Å². The third-order valence-corrected chi connectivity index (χ3v) is 4.50. The minimum absolute atomic E-state index is 0.0195. The number of para-hydroxylation sites is 1. The lowest BCUT2D eigenvalue weighted by molar-refractivity contribution is -0.144. The number of halogens is 2. The maximum absolute atomic E-state index is 13.5. The van der Waals surface area contributed by atoms with Gasteiger partial charge in [0.15, 0.2) is 0 Å². The Balaban J connectivity index is 1.44. The number of nitrogens with zero attached hydrogens (tertiary/aromatic N) is 1. The maximum Gasteiger partial charge on any atom is 0.307 e. The molecule has 3 aromatic rings. The van der Waals surface area contributed by atoms with Crippen molar-refractivity contribution in [1.29, 1.82) is 0 Å². The number of hydrogen-bond donors (Lipinski definition) is 1. The zero-order chi connectivity index (χ0) is 18.5. The highest BCUT2D eigenvalue weighted by atomic mass is 32.1. The van der Waals surface area contributed by atoms with Gasteiger partial charge in [-0.25, -0.2) is 13.8 Å². The molecule has 0 bridgehead atoms. The van der Waals surface area contributed by atoms with Crippen molar-refractivity contribution in [3.63, 3.8) is 0 Å². The van der Waals surface area contributed by atoms with E-state index >= 15 is 0 Å². The summed E-state index contributed by atoms with van der Waals surface area (Å²) in [5.41, 5.74) is 0.561. The van der Waals surface area contributed by atoms with Crippen LogP contribution in [-0.4, -0.2) is 23.4 Å². The first-order valence-electron chi connectivity index (χ1n) is 7.76. The summed E-state index contributed by atoms with van der Waals surface area (Å²) in [6, 6.07) is 10.3. The molecule has 2 aromatic carbocycles. The van der Waals surface area contributed by atoms with E-state index in [9.17, 15) is 18.4 Å². The van der Waals surface area contributed by atoms with Gasteiger partial charge >= 0.3 is 5.97 Å². The number of carbonyl (C=O) groups excluding carboxylic acids is 2. The van der Waals surface area contributed by atoms with Gasteiger partial charge in [0.1, 0.15) is 23.2 Å². The zero-order valence-electron chi connectivity index (χ0n) is 13.5. The van der Waals surface area contributed by atoms with Crippen LogP contribution in [0.25, 0.3) is 10.2 Å². The second-order valence-corrected chi connectivity index (χ2v) is 6.48. The lowest BCUT2D eigenvalue weighted by Crippen LogP contribution is -2.27. The van der Waals surface area contributed by atoms with Gasteiger partial charge in [-0.3, -0.25) is 9.59 Å². The summed E-state index contributed by atoms with van der Waals surface area (Å²) in [5.74, 6) is -2.95. The first kappa shape index (κ1) is 17.9. The highest BCUT2D eigenvalue weighted by molar-refractivity contribution is 7.18. The van der Waals surface area contributed by atoms with Crippen LogP contribution in [0.1, 0.15) is 21.8 Å². The number of amides is 1. The number of benzene rings is 2. The molecule has 0 aliphatic carbocycles. The minimum Gasteiger partial charge on any atom is -0.458 e. The maximum atomic E-state index is 13.5. The molecule has 8 heteroatoms. The number of rotatable bonds is 6. The van der Waals surface area contributed by atoms with E-state index < -0.39 is 23.5 Å². The minimum atomic E-state index is -0.957. The van der Waals surface area contributed by atoms with Gasteiger partial charge in [-0.15, -0.1) is 11.3 Å². The molecule has 0 aliphatic heterocycles. The fourth-order valence-electron chi connectivity index (χ4n) is 2.24. The van der Waals surface area contributed by atoms with E-state index in [4.69, 9.17) is 4.74 Å². The number of hydrogen-bond acceptors (Lipinski definition) is 5. The monoisotopic (exact) mass is 376 g/mol. The SMILES string of the molecule is O=C(CCNC(=O)c1ccc(F)cc1F)OCc1nc2ccccc2s1. The first-order chi connectivity index (χ1) is 12.5. The van der Waals surface area contributed by atoms with Crippen LogP contribution in [0.5, 0.6) is 0 Å². The van der Waals surface area contributed by atoms with Gasteiger partial charge < -0.3 is 10.1 Å². The van der Waals surface area contributed by atoms with E-state index in [1.165, 1.54) is 11.3 Å². The molecular formula is C18H14F2N2O3S. The largest absolute Gasteiger partial charge is 0.458 e. The number of esters is 1. The number of aromatic nitrogens is 1. The quantitative estimate of drug-likeness (QED) is 0.669. The van der Waals surface area contributed by atoms with Crippen LogP contribution in [0.4, 0.5) is 8.78 Å². The van der Waals surface area contributed by atoms with E-state index in [0.29, 0.717) is 11.1 Å². The molecular weight excluding hydrogens is 362 g/mol. The zero-order valence-corrected chi connectivity index (χ0v) is 14.3. The summed E-state index contributed by atoms with van der Waals surface area (Å²) < 4.78 is 32.4. The molecule has 0 atom stereocenters. The lowest BCUT2D eigenvalue weighted by atomic mass is 10.2. The summed E-state index contributed by atoms with van der Waals surface area (Å²) >= 11 is 1.44. The molecule has 1 heterocycles. The Morgan fingerprint density at radius 1 is 1.15 bits per heavy atom. The van der Waals surface area contributed by atoms with Crippen LogP contribution < -0.4 is 5.32 Å². The van der Waals surface area contributed by atoms with Crippen LogP contribution >= 0.6 is 11.3 Å². The van der Waals surface area contributed by atoms with Crippen LogP contribution in [0.3, 0.4) is 0 Å². The highest BCUT2D eigenvalue weighted by Crippen LogP contribution is 2.22. The molecule has 3 rings (SSSR count). The number of ether oxygens (including phenoxy) is 1. The molecule has 1 N–H and O–H groups in total. The van der Waals surface area contributed by atoms with Crippen molar-refractivity contribution < 1.29 is 23.1 Å². The van der Waals surface area contributed by atoms with Crippen molar-refractivity contribution in [2.24, 2.45) is 0 Å². The van der Waals surface area contributed by atoms with E-state index in [-0.39, 0.29) is 25.1 Å². The van der Waals surface area contributed by atoms with Crippen LogP contribution in [0.2, 0.25) is 0 Å². The molecule has 26 heavy (non-hydrogen) atoms.